The van der Waals surface area contributed by atoms with Crippen molar-refractivity contribution in [3.63, 3.8) is 0 Å². The number of rotatable bonds is 4. The number of thiophene rings is 1. The first-order valence-electron chi connectivity index (χ1n) is 9.56. The van der Waals surface area contributed by atoms with E-state index in [0.29, 0.717) is 0 Å². The van der Waals surface area contributed by atoms with Crippen LogP contribution in [0.5, 0.6) is 0 Å². The highest BCUT2D eigenvalue weighted by molar-refractivity contribution is 7.12. The van der Waals surface area contributed by atoms with Crippen LogP contribution in [-0.2, 0) is 24.0 Å². The predicted molar refractivity (Wildman–Crippen MR) is 103 cm³/mol. The van der Waals surface area contributed by atoms with Gasteiger partial charge in [-0.3, -0.25) is 0 Å². The molecule has 146 valence electrons. The average Bonchev–Trinajstić information content (AvgIpc) is 3.09. The molecule has 0 spiro atoms. The summed E-state index contributed by atoms with van der Waals surface area (Å²) in [7, 11) is 0. The summed E-state index contributed by atoms with van der Waals surface area (Å²) < 4.78 is 5.68. The van der Waals surface area contributed by atoms with Crippen molar-refractivity contribution in [1.29, 1.82) is 0 Å². The molecule has 4 N–H and O–H groups in total. The van der Waals surface area contributed by atoms with E-state index in [1.807, 2.05) is 35.6 Å². The van der Waals surface area contributed by atoms with Crippen LogP contribution in [0.3, 0.4) is 0 Å². The highest BCUT2D eigenvalue weighted by Gasteiger charge is 2.43. The summed E-state index contributed by atoms with van der Waals surface area (Å²) in [6.07, 6.45) is 0.139. The quantitative estimate of drug-likeness (QED) is 0.638. The number of hydrogen-bond donors (Lipinski definition) is 4. The standard InChI is InChI=1S/C21H26O5S/c22-11-16-18(23)19(24)20(25)21(26-16)14-6-3-4-12(8-14)9-15-10-13-5-1-2-7-17(13)27-15/h3-4,6,8,10,16,18-25H,1-2,5,7,9,11H2/t16-,18-,19+,20-,21+/m1/s1. The number of benzene rings is 1. The molecular weight excluding hydrogens is 364 g/mol. The molecule has 1 fully saturated rings. The lowest BCUT2D eigenvalue weighted by Crippen LogP contribution is -2.55. The summed E-state index contributed by atoms with van der Waals surface area (Å²) in [6, 6.07) is 10.1. The Morgan fingerprint density at radius 2 is 1.81 bits per heavy atom. The van der Waals surface area contributed by atoms with Crippen molar-refractivity contribution in [1.82, 2.24) is 0 Å². The molecule has 1 aliphatic heterocycles. The zero-order valence-electron chi connectivity index (χ0n) is 15.1. The van der Waals surface area contributed by atoms with Gasteiger partial charge in [-0.05, 0) is 48.4 Å². The molecule has 5 atom stereocenters. The van der Waals surface area contributed by atoms with Crippen molar-refractivity contribution < 1.29 is 25.2 Å². The van der Waals surface area contributed by atoms with Gasteiger partial charge in [0.15, 0.2) is 0 Å². The Kier molecular flexibility index (Phi) is 5.64. The number of aliphatic hydroxyl groups is 4. The van der Waals surface area contributed by atoms with Crippen molar-refractivity contribution in [2.75, 3.05) is 6.61 Å². The monoisotopic (exact) mass is 390 g/mol. The molecule has 2 aromatic rings. The van der Waals surface area contributed by atoms with Crippen LogP contribution in [0.2, 0.25) is 0 Å². The van der Waals surface area contributed by atoms with E-state index in [-0.39, 0.29) is 0 Å². The van der Waals surface area contributed by atoms with Crippen molar-refractivity contribution in [3.8, 4) is 0 Å². The second-order valence-electron chi connectivity index (χ2n) is 7.54. The van der Waals surface area contributed by atoms with Gasteiger partial charge in [0.05, 0.1) is 6.61 Å². The van der Waals surface area contributed by atoms with E-state index < -0.39 is 37.1 Å². The topological polar surface area (TPSA) is 90.2 Å². The molecule has 1 saturated heterocycles. The van der Waals surface area contributed by atoms with Gasteiger partial charge in [0, 0.05) is 16.2 Å². The summed E-state index contributed by atoms with van der Waals surface area (Å²) in [4.78, 5) is 2.86. The van der Waals surface area contributed by atoms with Crippen LogP contribution in [0, 0.1) is 0 Å². The van der Waals surface area contributed by atoms with Crippen LogP contribution in [0.1, 0.15) is 45.4 Å². The van der Waals surface area contributed by atoms with E-state index in [9.17, 15) is 20.4 Å². The second kappa shape index (κ2) is 7.99. The fraction of sp³-hybridized carbons (Fsp3) is 0.524. The zero-order valence-corrected chi connectivity index (χ0v) is 15.9. The highest BCUT2D eigenvalue weighted by atomic mass is 32.1. The number of aryl methyl sites for hydroxylation is 2. The molecule has 6 heteroatoms. The summed E-state index contributed by atoms with van der Waals surface area (Å²) >= 11 is 1.89. The van der Waals surface area contributed by atoms with Gasteiger partial charge >= 0.3 is 0 Å². The fourth-order valence-corrected chi connectivity index (χ4v) is 5.39. The van der Waals surface area contributed by atoms with Gasteiger partial charge in [0.25, 0.3) is 0 Å². The number of fused-ring (bicyclic) bond motifs is 1. The fourth-order valence-electron chi connectivity index (χ4n) is 4.10. The first kappa shape index (κ1) is 19.1. The molecule has 1 aromatic carbocycles. The molecule has 1 aromatic heterocycles. The average molecular weight is 391 g/mol. The van der Waals surface area contributed by atoms with E-state index in [1.54, 1.807) is 0 Å². The molecule has 2 heterocycles. The van der Waals surface area contributed by atoms with Gasteiger partial charge in [-0.25, -0.2) is 0 Å². The number of ether oxygens (including phenoxy) is 1. The molecular formula is C21H26O5S. The third-order valence-corrected chi connectivity index (χ3v) is 6.83. The van der Waals surface area contributed by atoms with E-state index in [4.69, 9.17) is 4.74 Å². The smallest absolute Gasteiger partial charge is 0.113 e. The van der Waals surface area contributed by atoms with E-state index in [0.717, 1.165) is 17.5 Å². The summed E-state index contributed by atoms with van der Waals surface area (Å²) in [5, 5.41) is 39.7. The minimum absolute atomic E-state index is 0.415. The van der Waals surface area contributed by atoms with Crippen molar-refractivity contribution >= 4 is 11.3 Å². The van der Waals surface area contributed by atoms with Crippen molar-refractivity contribution in [3.05, 3.63) is 56.8 Å². The van der Waals surface area contributed by atoms with Gasteiger partial charge in [0.2, 0.25) is 0 Å². The number of hydrogen-bond acceptors (Lipinski definition) is 6. The number of aliphatic hydroxyl groups excluding tert-OH is 4. The van der Waals surface area contributed by atoms with Crippen LogP contribution in [0.15, 0.2) is 30.3 Å². The summed E-state index contributed by atoms with van der Waals surface area (Å²) in [6.45, 7) is -0.415. The van der Waals surface area contributed by atoms with Gasteiger partial charge in [0.1, 0.15) is 30.5 Å². The van der Waals surface area contributed by atoms with Gasteiger partial charge in [-0.1, -0.05) is 24.3 Å². The Morgan fingerprint density at radius 1 is 1.00 bits per heavy atom. The minimum Gasteiger partial charge on any atom is -0.394 e. The molecule has 27 heavy (non-hydrogen) atoms. The Labute approximate surface area is 162 Å². The molecule has 2 aliphatic rings. The lowest BCUT2D eigenvalue weighted by atomic mass is 9.90. The molecule has 0 saturated carbocycles. The maximum absolute atomic E-state index is 10.4. The second-order valence-corrected chi connectivity index (χ2v) is 8.76. The lowest BCUT2D eigenvalue weighted by Gasteiger charge is -2.40. The molecule has 0 amide bonds. The van der Waals surface area contributed by atoms with Crippen LogP contribution >= 0.6 is 11.3 Å². The van der Waals surface area contributed by atoms with E-state index in [2.05, 4.69) is 6.07 Å². The Balaban J connectivity index is 1.54. The SMILES string of the molecule is OC[C@H]1O[C@@H](c2cccc(Cc3cc4c(s3)CCCC4)c2)[C@H](O)[C@@H](O)[C@@H]1O. The largest absolute Gasteiger partial charge is 0.394 e. The van der Waals surface area contributed by atoms with Gasteiger partial charge in [-0.15, -0.1) is 11.3 Å². The molecule has 1 aliphatic carbocycles. The van der Waals surface area contributed by atoms with E-state index >= 15 is 0 Å². The Hall–Kier alpha value is -1.28. The van der Waals surface area contributed by atoms with Crippen molar-refractivity contribution in [2.24, 2.45) is 0 Å². The third-order valence-electron chi connectivity index (χ3n) is 5.60. The van der Waals surface area contributed by atoms with E-state index in [1.165, 1.54) is 41.0 Å². The first-order valence-corrected chi connectivity index (χ1v) is 10.4. The molecule has 0 radical (unpaired) electrons. The van der Waals surface area contributed by atoms with Crippen LogP contribution in [0.4, 0.5) is 0 Å². The Bertz CT molecular complexity index is 763. The molecule has 0 unspecified atom stereocenters. The summed E-state index contributed by atoms with van der Waals surface area (Å²) in [5.41, 5.74) is 3.35. The normalized spacial score (nSPS) is 30.9. The minimum atomic E-state index is -1.35. The van der Waals surface area contributed by atoms with Gasteiger partial charge < -0.3 is 25.2 Å². The molecule has 4 rings (SSSR count). The highest BCUT2D eigenvalue weighted by Crippen LogP contribution is 2.34. The van der Waals surface area contributed by atoms with Crippen LogP contribution < -0.4 is 0 Å². The predicted octanol–water partition coefficient (Wildman–Crippen LogP) is 1.73. The molecule has 5 nitrogen and oxygen atoms in total. The molecule has 0 bridgehead atoms. The maximum Gasteiger partial charge on any atom is 0.113 e. The summed E-state index contributed by atoms with van der Waals surface area (Å²) in [5.74, 6) is 0. The zero-order chi connectivity index (χ0) is 19.0. The van der Waals surface area contributed by atoms with Crippen LogP contribution in [0.25, 0.3) is 0 Å². The van der Waals surface area contributed by atoms with Gasteiger partial charge in [-0.2, -0.15) is 0 Å². The van der Waals surface area contributed by atoms with Crippen molar-refractivity contribution in [2.45, 2.75) is 62.6 Å². The Morgan fingerprint density at radius 3 is 2.59 bits per heavy atom. The maximum atomic E-state index is 10.4. The van der Waals surface area contributed by atoms with Crippen LogP contribution in [-0.4, -0.2) is 51.4 Å². The first-order chi connectivity index (χ1) is 13.1. The lowest BCUT2D eigenvalue weighted by molar-refractivity contribution is -0.231. The third kappa shape index (κ3) is 3.83.